The van der Waals surface area contributed by atoms with Gasteiger partial charge in [0.1, 0.15) is 6.42 Å². The number of ether oxygens (including phenoxy) is 2. The molecule has 1 fully saturated rings. The van der Waals surface area contributed by atoms with Crippen LogP contribution in [0.3, 0.4) is 0 Å². The number of carbonyl (C=O) groups is 2. The molecule has 2 amide bonds. The number of pyridine rings is 1. The molecule has 0 unspecified atom stereocenters. The van der Waals surface area contributed by atoms with Gasteiger partial charge in [0.15, 0.2) is 11.5 Å². The fourth-order valence-corrected chi connectivity index (χ4v) is 3.76. The first-order valence-electron chi connectivity index (χ1n) is 9.70. The predicted octanol–water partition coefficient (Wildman–Crippen LogP) is 1.60. The maximum Gasteiger partial charge on any atom is 0.236 e. The maximum absolute atomic E-state index is 12.1. The number of amides is 2. The van der Waals surface area contributed by atoms with Crippen LogP contribution in [0, 0.1) is 11.3 Å². The minimum Gasteiger partial charge on any atom is -0.493 e. The number of nitrogens with zero attached hydrogens (tertiary/aromatic N) is 3. The highest BCUT2D eigenvalue weighted by Crippen LogP contribution is 2.36. The Balaban J connectivity index is 2.00. The van der Waals surface area contributed by atoms with Gasteiger partial charge in [0.25, 0.3) is 0 Å². The number of hydrogen-bond donors (Lipinski definition) is 2. The van der Waals surface area contributed by atoms with E-state index in [1.54, 1.807) is 31.4 Å². The number of hydrogen-bond acceptors (Lipinski definition) is 7. The third-order valence-corrected chi connectivity index (χ3v) is 5.17. The number of piperidine rings is 1. The van der Waals surface area contributed by atoms with Gasteiger partial charge in [-0.15, -0.1) is 0 Å². The summed E-state index contributed by atoms with van der Waals surface area (Å²) in [5.74, 6) is 0.457. The number of nitriles is 1. The third kappa shape index (κ3) is 4.54. The van der Waals surface area contributed by atoms with E-state index in [9.17, 15) is 9.59 Å². The first-order valence-corrected chi connectivity index (χ1v) is 9.70. The van der Waals surface area contributed by atoms with Crippen molar-refractivity contribution in [1.82, 2.24) is 9.88 Å². The molecular formula is C21H25N5O4. The van der Waals surface area contributed by atoms with Gasteiger partial charge in [-0.3, -0.25) is 14.6 Å². The Morgan fingerprint density at radius 2 is 2.07 bits per heavy atom. The van der Waals surface area contributed by atoms with Crippen molar-refractivity contribution in [2.75, 3.05) is 32.6 Å². The zero-order valence-corrected chi connectivity index (χ0v) is 17.1. The van der Waals surface area contributed by atoms with E-state index in [1.165, 1.54) is 0 Å². The number of methoxy groups -OCH3 is 2. The van der Waals surface area contributed by atoms with Crippen molar-refractivity contribution in [3.8, 4) is 17.6 Å². The number of aromatic nitrogens is 1. The Morgan fingerprint density at radius 3 is 2.73 bits per heavy atom. The summed E-state index contributed by atoms with van der Waals surface area (Å²) < 4.78 is 10.8. The van der Waals surface area contributed by atoms with Crippen LogP contribution < -0.4 is 20.5 Å². The number of likely N-dealkylation sites (tertiary alicyclic amines) is 1. The fraction of sp³-hybridized carbons (Fsp3) is 0.429. The van der Waals surface area contributed by atoms with Crippen LogP contribution in [0.4, 0.5) is 5.69 Å². The molecule has 1 aliphatic heterocycles. The molecule has 0 aliphatic carbocycles. The van der Waals surface area contributed by atoms with Crippen LogP contribution in [0.25, 0.3) is 10.9 Å². The van der Waals surface area contributed by atoms with E-state index < -0.39 is 5.91 Å². The summed E-state index contributed by atoms with van der Waals surface area (Å²) >= 11 is 0. The lowest BCUT2D eigenvalue weighted by Crippen LogP contribution is -2.45. The van der Waals surface area contributed by atoms with Gasteiger partial charge in [0, 0.05) is 48.0 Å². The standard InChI is InChI=1S/C21H25N5O4/c1-29-17-9-15-16(10-18(17)30-2)24-11-13(8-19(23)27)21(15)25-14-4-3-7-26(12-14)20(28)5-6-22/h9-11,14H,3-5,7-8,12H2,1-2H3,(H2,23,27)(H,24,25)/t14-/m0/s1. The SMILES string of the molecule is COc1cc2ncc(CC(N)=O)c(N[C@H]3CCCN(C(=O)CC#N)C3)c2cc1OC. The van der Waals surface area contributed by atoms with Crippen LogP contribution >= 0.6 is 0 Å². The average Bonchev–Trinajstić information content (AvgIpc) is 2.74. The molecule has 0 bridgehead atoms. The minimum atomic E-state index is -0.464. The highest BCUT2D eigenvalue weighted by molar-refractivity contribution is 5.96. The van der Waals surface area contributed by atoms with Crippen molar-refractivity contribution in [2.24, 2.45) is 5.73 Å². The van der Waals surface area contributed by atoms with Gasteiger partial charge >= 0.3 is 0 Å². The van der Waals surface area contributed by atoms with E-state index in [0.29, 0.717) is 35.7 Å². The van der Waals surface area contributed by atoms with E-state index in [-0.39, 0.29) is 24.8 Å². The monoisotopic (exact) mass is 411 g/mol. The van der Waals surface area contributed by atoms with E-state index in [2.05, 4.69) is 10.3 Å². The summed E-state index contributed by atoms with van der Waals surface area (Å²) in [6, 6.07) is 5.46. The number of anilines is 1. The quantitative estimate of drug-likeness (QED) is 0.707. The minimum absolute atomic E-state index is 0.0312. The first kappa shape index (κ1) is 21.2. The van der Waals surface area contributed by atoms with Crippen LogP contribution in [0.2, 0.25) is 0 Å². The highest BCUT2D eigenvalue weighted by Gasteiger charge is 2.25. The van der Waals surface area contributed by atoms with Crippen molar-refractivity contribution in [2.45, 2.75) is 31.7 Å². The summed E-state index contributed by atoms with van der Waals surface area (Å²) in [5.41, 5.74) is 7.53. The second kappa shape index (κ2) is 9.31. The molecule has 0 spiro atoms. The van der Waals surface area contributed by atoms with E-state index >= 15 is 0 Å². The van der Waals surface area contributed by atoms with Crippen LogP contribution in [-0.2, 0) is 16.0 Å². The molecule has 0 saturated carbocycles. The summed E-state index contributed by atoms with van der Waals surface area (Å²) in [7, 11) is 3.11. The molecule has 30 heavy (non-hydrogen) atoms. The van der Waals surface area contributed by atoms with Crippen molar-refractivity contribution in [3.63, 3.8) is 0 Å². The van der Waals surface area contributed by atoms with Crippen LogP contribution in [0.1, 0.15) is 24.8 Å². The molecule has 1 aromatic heterocycles. The molecule has 158 valence electrons. The second-order valence-electron chi connectivity index (χ2n) is 7.18. The average molecular weight is 411 g/mol. The summed E-state index contributed by atoms with van der Waals surface area (Å²) in [6.45, 7) is 1.11. The van der Waals surface area contributed by atoms with Crippen LogP contribution in [0.15, 0.2) is 18.3 Å². The highest BCUT2D eigenvalue weighted by atomic mass is 16.5. The second-order valence-corrected chi connectivity index (χ2v) is 7.18. The van der Waals surface area contributed by atoms with Gasteiger partial charge in [0.2, 0.25) is 11.8 Å². The molecule has 2 heterocycles. The van der Waals surface area contributed by atoms with E-state index in [0.717, 1.165) is 23.9 Å². The third-order valence-electron chi connectivity index (χ3n) is 5.17. The summed E-state index contributed by atoms with van der Waals surface area (Å²) in [5, 5.41) is 13.1. The normalized spacial score (nSPS) is 16.0. The molecule has 1 aromatic carbocycles. The lowest BCUT2D eigenvalue weighted by atomic mass is 10.0. The van der Waals surface area contributed by atoms with E-state index in [1.807, 2.05) is 12.1 Å². The van der Waals surface area contributed by atoms with Gasteiger partial charge in [0.05, 0.1) is 32.2 Å². The summed E-state index contributed by atoms with van der Waals surface area (Å²) in [4.78, 5) is 29.9. The van der Waals surface area contributed by atoms with Crippen molar-refractivity contribution in [3.05, 3.63) is 23.9 Å². The molecule has 1 saturated heterocycles. The molecular weight excluding hydrogens is 386 g/mol. The number of nitrogens with two attached hydrogens (primary N) is 1. The zero-order chi connectivity index (χ0) is 21.7. The molecule has 9 nitrogen and oxygen atoms in total. The largest absolute Gasteiger partial charge is 0.493 e. The van der Waals surface area contributed by atoms with Crippen molar-refractivity contribution in [1.29, 1.82) is 5.26 Å². The van der Waals surface area contributed by atoms with Crippen LogP contribution in [0.5, 0.6) is 11.5 Å². The fourth-order valence-electron chi connectivity index (χ4n) is 3.76. The van der Waals surface area contributed by atoms with Crippen molar-refractivity contribution < 1.29 is 19.1 Å². The number of carbonyl (C=O) groups excluding carboxylic acids is 2. The number of primary amides is 1. The lowest BCUT2D eigenvalue weighted by Gasteiger charge is -2.34. The number of rotatable bonds is 7. The van der Waals surface area contributed by atoms with Gasteiger partial charge in [-0.05, 0) is 18.9 Å². The zero-order valence-electron chi connectivity index (χ0n) is 17.1. The Morgan fingerprint density at radius 1 is 1.33 bits per heavy atom. The Labute approximate surface area is 174 Å². The number of fused-ring (bicyclic) bond motifs is 1. The van der Waals surface area contributed by atoms with Crippen molar-refractivity contribution >= 4 is 28.4 Å². The van der Waals surface area contributed by atoms with Gasteiger partial charge in [-0.25, -0.2) is 0 Å². The number of nitrogens with one attached hydrogen (secondary N) is 1. The predicted molar refractivity (Wildman–Crippen MR) is 111 cm³/mol. The summed E-state index contributed by atoms with van der Waals surface area (Å²) in [6.07, 6.45) is 3.20. The smallest absolute Gasteiger partial charge is 0.236 e. The maximum atomic E-state index is 12.1. The Hall–Kier alpha value is -3.54. The number of benzene rings is 1. The Bertz CT molecular complexity index is 1000. The molecule has 3 rings (SSSR count). The molecule has 0 radical (unpaired) electrons. The van der Waals surface area contributed by atoms with Gasteiger partial charge in [-0.2, -0.15) is 5.26 Å². The van der Waals surface area contributed by atoms with E-state index in [4.69, 9.17) is 20.5 Å². The topological polar surface area (TPSA) is 131 Å². The Kier molecular flexibility index (Phi) is 6.57. The molecule has 1 aliphatic rings. The molecule has 1 atom stereocenters. The molecule has 9 heteroatoms. The van der Waals surface area contributed by atoms with Gasteiger partial charge in [-0.1, -0.05) is 0 Å². The first-order chi connectivity index (χ1) is 14.5. The lowest BCUT2D eigenvalue weighted by molar-refractivity contribution is -0.131. The van der Waals surface area contributed by atoms with Gasteiger partial charge < -0.3 is 25.4 Å². The molecule has 3 N–H and O–H groups in total. The van der Waals surface area contributed by atoms with Crippen LogP contribution in [-0.4, -0.2) is 55.0 Å². The molecule has 2 aromatic rings.